The fraction of sp³-hybridized carbons (Fsp3) is 0.500. The van der Waals surface area contributed by atoms with Crippen molar-refractivity contribution in [2.75, 3.05) is 7.11 Å². The molecule has 0 aromatic carbocycles. The van der Waals surface area contributed by atoms with Crippen LogP contribution in [0.15, 0.2) is 0 Å². The summed E-state index contributed by atoms with van der Waals surface area (Å²) in [7, 11) is 1.21. The molecular weight excluding hydrogens is 166 g/mol. The molecule has 0 aromatic heterocycles. The minimum atomic E-state index is -0.877. The number of ketones is 1. The van der Waals surface area contributed by atoms with Crippen LogP contribution in [-0.2, 0) is 14.3 Å². The zero-order valence-electron chi connectivity index (χ0n) is 6.29. The topological polar surface area (TPSA) is 67.2 Å². The van der Waals surface area contributed by atoms with Gasteiger partial charge in [-0.3, -0.25) is 9.59 Å². The van der Waals surface area contributed by atoms with Gasteiger partial charge in [-0.1, -0.05) is 11.8 Å². The van der Waals surface area contributed by atoms with Crippen molar-refractivity contribution in [1.29, 1.82) is 5.41 Å². The van der Waals surface area contributed by atoms with Crippen LogP contribution in [0.5, 0.6) is 0 Å². The Balaban J connectivity index is 4.20. The van der Waals surface area contributed by atoms with Crippen molar-refractivity contribution < 1.29 is 14.3 Å². The number of methoxy groups -OCH3 is 1. The molecule has 0 bridgehead atoms. The zero-order chi connectivity index (χ0) is 8.85. The number of hydrogen-bond donors (Lipinski definition) is 1. The van der Waals surface area contributed by atoms with Crippen molar-refractivity contribution >= 4 is 29.1 Å². The second-order valence-corrected chi connectivity index (χ2v) is 2.75. The number of rotatable bonds is 4. The summed E-state index contributed by atoms with van der Waals surface area (Å²) >= 11 is 0.835. The molecule has 0 aliphatic rings. The monoisotopic (exact) mass is 175 g/mol. The summed E-state index contributed by atoms with van der Waals surface area (Å²) in [4.78, 5) is 21.5. The molecule has 1 N–H and O–H groups in total. The number of esters is 1. The minimum Gasteiger partial charge on any atom is -0.468 e. The number of nitrogens with one attached hydrogen (secondary N) is 1. The first-order valence-corrected chi connectivity index (χ1v) is 3.80. The van der Waals surface area contributed by atoms with E-state index in [9.17, 15) is 9.59 Å². The number of thioether (sulfide) groups is 1. The van der Waals surface area contributed by atoms with E-state index in [0.29, 0.717) is 0 Å². The van der Waals surface area contributed by atoms with Gasteiger partial charge in [0.15, 0.2) is 11.0 Å². The van der Waals surface area contributed by atoms with Crippen LogP contribution in [0.2, 0.25) is 0 Å². The molecule has 4 nitrogen and oxygen atoms in total. The van der Waals surface area contributed by atoms with E-state index >= 15 is 0 Å². The average Bonchev–Trinajstić information content (AvgIpc) is 1.98. The van der Waals surface area contributed by atoms with Crippen LogP contribution >= 0.6 is 11.8 Å². The van der Waals surface area contributed by atoms with Gasteiger partial charge >= 0.3 is 5.97 Å². The highest BCUT2D eigenvalue weighted by Crippen LogP contribution is 2.09. The molecule has 0 aliphatic carbocycles. The van der Waals surface area contributed by atoms with Crippen molar-refractivity contribution in [1.82, 2.24) is 0 Å². The molecule has 5 heteroatoms. The predicted octanol–water partition coefficient (Wildman–Crippen LogP) is 0.457. The molecule has 1 unspecified atom stereocenters. The summed E-state index contributed by atoms with van der Waals surface area (Å²) in [5.74, 6) is -0.906. The minimum absolute atomic E-state index is 0.301. The van der Waals surface area contributed by atoms with E-state index < -0.39 is 11.2 Å². The number of carbonyl (C=O) groups excluding carboxylic acids is 2. The molecule has 0 aromatic rings. The largest absolute Gasteiger partial charge is 0.468 e. The Morgan fingerprint density at radius 3 is 2.45 bits per heavy atom. The van der Waals surface area contributed by atoms with Gasteiger partial charge in [-0.05, 0) is 6.92 Å². The van der Waals surface area contributed by atoms with Gasteiger partial charge in [-0.25, -0.2) is 0 Å². The fourth-order valence-corrected chi connectivity index (χ4v) is 1.03. The van der Waals surface area contributed by atoms with Gasteiger partial charge < -0.3 is 10.1 Å². The smallest absolute Gasteiger partial charge is 0.326 e. The van der Waals surface area contributed by atoms with E-state index in [0.717, 1.165) is 17.3 Å². The standard InChI is InChI=1S/C6H9NO3S/c1-4(8)5(11-3-7)6(9)10-2/h3,5,7H,1-2H3. The lowest BCUT2D eigenvalue weighted by molar-refractivity contribution is -0.142. The molecule has 0 radical (unpaired) electrons. The summed E-state index contributed by atoms with van der Waals surface area (Å²) in [5.41, 5.74) is 0.947. The quantitative estimate of drug-likeness (QED) is 0.291. The van der Waals surface area contributed by atoms with Gasteiger partial charge in [-0.2, -0.15) is 0 Å². The van der Waals surface area contributed by atoms with Crippen molar-refractivity contribution in [3.8, 4) is 0 Å². The van der Waals surface area contributed by atoms with E-state index in [2.05, 4.69) is 4.74 Å². The van der Waals surface area contributed by atoms with Crippen LogP contribution in [0.25, 0.3) is 0 Å². The van der Waals surface area contributed by atoms with E-state index in [4.69, 9.17) is 5.41 Å². The normalized spacial score (nSPS) is 11.8. The lowest BCUT2D eigenvalue weighted by atomic mass is 10.3. The number of Topliss-reactive ketones (excluding diaryl/α,β-unsaturated/α-hetero) is 1. The second-order valence-electron chi connectivity index (χ2n) is 1.77. The zero-order valence-corrected chi connectivity index (χ0v) is 7.10. The van der Waals surface area contributed by atoms with Crippen LogP contribution in [0.3, 0.4) is 0 Å². The maximum atomic E-state index is 10.8. The molecule has 0 fully saturated rings. The molecule has 0 spiro atoms. The number of carbonyl (C=O) groups is 2. The first kappa shape index (κ1) is 10.2. The van der Waals surface area contributed by atoms with Gasteiger partial charge in [-0.15, -0.1) is 0 Å². The van der Waals surface area contributed by atoms with E-state index in [1.807, 2.05) is 0 Å². The Kier molecular flexibility index (Phi) is 4.52. The first-order valence-electron chi connectivity index (χ1n) is 2.86. The Morgan fingerprint density at radius 2 is 2.18 bits per heavy atom. The van der Waals surface area contributed by atoms with Gasteiger partial charge in [0.25, 0.3) is 0 Å². The highest BCUT2D eigenvalue weighted by Gasteiger charge is 2.23. The molecule has 62 valence electrons. The number of ether oxygens (including phenoxy) is 1. The van der Waals surface area contributed by atoms with Crippen LogP contribution in [-0.4, -0.2) is 29.7 Å². The maximum Gasteiger partial charge on any atom is 0.326 e. The molecule has 0 saturated heterocycles. The van der Waals surface area contributed by atoms with Crippen molar-refractivity contribution in [2.24, 2.45) is 0 Å². The van der Waals surface area contributed by atoms with Crippen LogP contribution in [0.4, 0.5) is 0 Å². The lowest BCUT2D eigenvalue weighted by Gasteiger charge is -2.06. The third kappa shape index (κ3) is 3.18. The Morgan fingerprint density at radius 1 is 1.64 bits per heavy atom. The van der Waals surface area contributed by atoms with Crippen LogP contribution in [0, 0.1) is 5.41 Å². The molecule has 0 aliphatic heterocycles. The van der Waals surface area contributed by atoms with Crippen molar-refractivity contribution in [3.05, 3.63) is 0 Å². The third-order valence-corrected chi connectivity index (χ3v) is 1.92. The molecule has 11 heavy (non-hydrogen) atoms. The van der Waals surface area contributed by atoms with Crippen LogP contribution < -0.4 is 0 Å². The summed E-state index contributed by atoms with van der Waals surface area (Å²) in [5, 5.41) is 5.80. The van der Waals surface area contributed by atoms with Gasteiger partial charge in [0.2, 0.25) is 0 Å². The third-order valence-electron chi connectivity index (χ3n) is 0.989. The highest BCUT2D eigenvalue weighted by molar-refractivity contribution is 8.13. The summed E-state index contributed by atoms with van der Waals surface area (Å²) in [6, 6.07) is 0. The van der Waals surface area contributed by atoms with E-state index in [-0.39, 0.29) is 5.78 Å². The fourth-order valence-electron chi connectivity index (χ4n) is 0.492. The average molecular weight is 175 g/mol. The molecule has 0 heterocycles. The summed E-state index contributed by atoms with van der Waals surface area (Å²) in [6.45, 7) is 1.29. The van der Waals surface area contributed by atoms with Crippen molar-refractivity contribution in [3.63, 3.8) is 0 Å². The summed E-state index contributed by atoms with van der Waals surface area (Å²) < 4.78 is 4.34. The Bertz CT molecular complexity index is 181. The van der Waals surface area contributed by atoms with Gasteiger partial charge in [0.1, 0.15) is 0 Å². The van der Waals surface area contributed by atoms with Gasteiger partial charge in [0.05, 0.1) is 12.7 Å². The molecular formula is C6H9NO3S. The predicted molar refractivity (Wildman–Crippen MR) is 42.9 cm³/mol. The lowest BCUT2D eigenvalue weighted by Crippen LogP contribution is -2.26. The Hall–Kier alpha value is -0.840. The Labute approximate surface area is 68.8 Å². The number of hydrogen-bond acceptors (Lipinski definition) is 5. The van der Waals surface area contributed by atoms with Gasteiger partial charge in [0, 0.05) is 0 Å². The molecule has 0 rings (SSSR count). The van der Waals surface area contributed by atoms with Crippen molar-refractivity contribution in [2.45, 2.75) is 12.2 Å². The summed E-state index contributed by atoms with van der Waals surface area (Å²) in [6.07, 6.45) is 0. The molecule has 0 saturated carbocycles. The first-order chi connectivity index (χ1) is 5.13. The highest BCUT2D eigenvalue weighted by atomic mass is 32.2. The molecule has 0 amide bonds. The van der Waals surface area contributed by atoms with E-state index in [1.54, 1.807) is 0 Å². The van der Waals surface area contributed by atoms with E-state index in [1.165, 1.54) is 14.0 Å². The SMILES string of the molecule is COC(=O)C(SC=N)C(C)=O. The van der Waals surface area contributed by atoms with Crippen LogP contribution in [0.1, 0.15) is 6.92 Å². The molecule has 1 atom stereocenters. The second kappa shape index (κ2) is 4.90. The maximum absolute atomic E-state index is 10.8.